The number of halogens is 2. The Morgan fingerprint density at radius 3 is 2.89 bits per heavy atom. The molecule has 1 rings (SSSR count). The number of ether oxygens (including phenoxy) is 1. The van der Waals surface area contributed by atoms with Crippen molar-refractivity contribution in [1.82, 2.24) is 9.78 Å². The summed E-state index contributed by atoms with van der Waals surface area (Å²) in [5, 5.41) is 4.20. The van der Waals surface area contributed by atoms with Gasteiger partial charge in [0.1, 0.15) is 0 Å². The lowest BCUT2D eigenvalue weighted by molar-refractivity contribution is 0.0229. The fourth-order valence-corrected chi connectivity index (χ4v) is 2.71. The zero-order chi connectivity index (χ0) is 13.6. The van der Waals surface area contributed by atoms with E-state index in [4.69, 9.17) is 10.5 Å². The lowest BCUT2D eigenvalue weighted by Gasteiger charge is -2.26. The minimum Gasteiger partial charge on any atom is -0.381 e. The highest BCUT2D eigenvalue weighted by molar-refractivity contribution is 9.10. The summed E-state index contributed by atoms with van der Waals surface area (Å²) in [5.41, 5.74) is 4.49. The first-order chi connectivity index (χ1) is 8.59. The molecule has 1 heterocycles. The van der Waals surface area contributed by atoms with E-state index in [1.807, 2.05) is 6.92 Å². The molecule has 18 heavy (non-hydrogen) atoms. The summed E-state index contributed by atoms with van der Waals surface area (Å²) in [4.78, 5) is 0. The molecular formula is C12H21BrFN3O. The third-order valence-electron chi connectivity index (χ3n) is 2.80. The lowest BCUT2D eigenvalue weighted by Crippen LogP contribution is -2.31. The Hall–Kier alpha value is -0.460. The minimum atomic E-state index is -1.54. The molecule has 0 aliphatic heterocycles. The third-order valence-corrected chi connectivity index (χ3v) is 3.39. The topological polar surface area (TPSA) is 53.1 Å². The first-order valence-corrected chi connectivity index (χ1v) is 6.98. The zero-order valence-electron chi connectivity index (χ0n) is 11.0. The number of hydrogen-bond donors (Lipinski definition) is 1. The molecule has 0 saturated heterocycles. The van der Waals surface area contributed by atoms with E-state index in [-0.39, 0.29) is 6.61 Å². The summed E-state index contributed by atoms with van der Waals surface area (Å²) in [7, 11) is 1.51. The van der Waals surface area contributed by atoms with Gasteiger partial charge < -0.3 is 10.5 Å². The number of aromatic nitrogens is 2. The van der Waals surface area contributed by atoms with Gasteiger partial charge in [0.2, 0.25) is 0 Å². The molecule has 1 unspecified atom stereocenters. The lowest BCUT2D eigenvalue weighted by atomic mass is 9.96. The van der Waals surface area contributed by atoms with Crippen LogP contribution in [0.1, 0.15) is 31.9 Å². The molecule has 0 aromatic carbocycles. The molecule has 1 aromatic rings. The maximum absolute atomic E-state index is 15.1. The van der Waals surface area contributed by atoms with Crippen LogP contribution in [0.15, 0.2) is 10.7 Å². The van der Waals surface area contributed by atoms with Gasteiger partial charge in [0.15, 0.2) is 5.67 Å². The third kappa shape index (κ3) is 3.52. The molecule has 2 N–H and O–H groups in total. The van der Waals surface area contributed by atoms with Gasteiger partial charge in [-0.25, -0.2) is 4.39 Å². The second-order valence-corrected chi connectivity index (χ2v) is 5.21. The Morgan fingerprint density at radius 1 is 1.61 bits per heavy atom. The van der Waals surface area contributed by atoms with Crippen molar-refractivity contribution < 1.29 is 9.13 Å². The van der Waals surface area contributed by atoms with E-state index in [9.17, 15) is 0 Å². The van der Waals surface area contributed by atoms with Crippen LogP contribution in [0.3, 0.4) is 0 Å². The van der Waals surface area contributed by atoms with E-state index in [1.165, 1.54) is 7.11 Å². The van der Waals surface area contributed by atoms with Crippen molar-refractivity contribution in [3.8, 4) is 0 Å². The van der Waals surface area contributed by atoms with Crippen LogP contribution in [0, 0.1) is 0 Å². The standard InChI is InChI=1S/C12H21BrFN3O/c1-3-7-17-11(10(13)8-16-17)12(14,9-18-2)5-4-6-15/h8H,3-7,9,15H2,1-2H3. The van der Waals surface area contributed by atoms with Gasteiger partial charge in [-0.15, -0.1) is 0 Å². The van der Waals surface area contributed by atoms with E-state index < -0.39 is 5.67 Å². The number of rotatable bonds is 8. The second kappa shape index (κ2) is 7.21. The van der Waals surface area contributed by atoms with Crippen molar-refractivity contribution >= 4 is 15.9 Å². The monoisotopic (exact) mass is 321 g/mol. The first-order valence-electron chi connectivity index (χ1n) is 6.18. The summed E-state index contributed by atoms with van der Waals surface area (Å²) in [5.74, 6) is 0. The first kappa shape index (κ1) is 15.6. The molecule has 4 nitrogen and oxygen atoms in total. The average Bonchev–Trinajstić information content (AvgIpc) is 2.69. The maximum Gasteiger partial charge on any atom is 0.176 e. The van der Waals surface area contributed by atoms with Gasteiger partial charge >= 0.3 is 0 Å². The van der Waals surface area contributed by atoms with Crippen LogP contribution >= 0.6 is 15.9 Å². The minimum absolute atomic E-state index is 0.0149. The van der Waals surface area contributed by atoms with Gasteiger partial charge in [0.05, 0.1) is 23.0 Å². The Kier molecular flexibility index (Phi) is 6.25. The highest BCUT2D eigenvalue weighted by atomic mass is 79.9. The van der Waals surface area contributed by atoms with Crippen LogP contribution < -0.4 is 5.73 Å². The van der Waals surface area contributed by atoms with Crippen LogP contribution in [0.5, 0.6) is 0 Å². The highest BCUT2D eigenvalue weighted by Gasteiger charge is 2.37. The fraction of sp³-hybridized carbons (Fsp3) is 0.750. The number of nitrogens with two attached hydrogens (primary N) is 1. The largest absolute Gasteiger partial charge is 0.381 e. The molecule has 0 spiro atoms. The molecule has 6 heteroatoms. The van der Waals surface area contributed by atoms with Crippen LogP contribution in [-0.4, -0.2) is 30.0 Å². The second-order valence-electron chi connectivity index (χ2n) is 4.35. The van der Waals surface area contributed by atoms with Gasteiger partial charge in [-0.2, -0.15) is 5.10 Å². The smallest absolute Gasteiger partial charge is 0.176 e. The Morgan fingerprint density at radius 2 is 2.33 bits per heavy atom. The molecule has 104 valence electrons. The Balaban J connectivity index is 3.06. The number of aryl methyl sites for hydroxylation is 1. The Bertz CT molecular complexity index is 372. The van der Waals surface area contributed by atoms with E-state index >= 15 is 4.39 Å². The van der Waals surface area contributed by atoms with Crippen molar-refractivity contribution in [2.24, 2.45) is 5.73 Å². The van der Waals surface area contributed by atoms with E-state index in [2.05, 4.69) is 21.0 Å². The molecular weight excluding hydrogens is 301 g/mol. The molecule has 0 saturated carbocycles. The molecule has 0 amide bonds. The average molecular weight is 322 g/mol. The van der Waals surface area contributed by atoms with Crippen LogP contribution in [0.4, 0.5) is 4.39 Å². The van der Waals surface area contributed by atoms with Gasteiger partial charge in [-0.3, -0.25) is 4.68 Å². The van der Waals surface area contributed by atoms with Crippen LogP contribution in [0.25, 0.3) is 0 Å². The molecule has 1 atom stereocenters. The van der Waals surface area contributed by atoms with Gasteiger partial charge in [-0.05, 0) is 41.7 Å². The van der Waals surface area contributed by atoms with Crippen molar-refractivity contribution in [2.75, 3.05) is 20.3 Å². The quantitative estimate of drug-likeness (QED) is 0.800. The normalized spacial score (nSPS) is 14.7. The summed E-state index contributed by atoms with van der Waals surface area (Å²) in [6.45, 7) is 3.21. The summed E-state index contributed by atoms with van der Waals surface area (Å²) in [6.07, 6.45) is 3.49. The van der Waals surface area contributed by atoms with Gasteiger partial charge in [-0.1, -0.05) is 6.92 Å². The van der Waals surface area contributed by atoms with Crippen molar-refractivity contribution in [3.05, 3.63) is 16.4 Å². The molecule has 0 bridgehead atoms. The van der Waals surface area contributed by atoms with Crippen molar-refractivity contribution in [2.45, 2.75) is 38.4 Å². The number of hydrogen-bond acceptors (Lipinski definition) is 3. The number of alkyl halides is 1. The molecule has 0 aliphatic carbocycles. The summed E-state index contributed by atoms with van der Waals surface area (Å²) < 4.78 is 22.6. The molecule has 0 fully saturated rings. The van der Waals surface area contributed by atoms with Gasteiger partial charge in [0.25, 0.3) is 0 Å². The fourth-order valence-electron chi connectivity index (χ4n) is 2.06. The summed E-state index contributed by atoms with van der Waals surface area (Å²) in [6, 6.07) is 0. The van der Waals surface area contributed by atoms with Crippen LogP contribution in [0.2, 0.25) is 0 Å². The van der Waals surface area contributed by atoms with E-state index in [0.717, 1.165) is 6.42 Å². The Labute approximate surface area is 116 Å². The summed E-state index contributed by atoms with van der Waals surface area (Å²) >= 11 is 3.37. The van der Waals surface area contributed by atoms with E-state index in [0.29, 0.717) is 36.1 Å². The number of methoxy groups -OCH3 is 1. The van der Waals surface area contributed by atoms with Crippen LogP contribution in [-0.2, 0) is 17.0 Å². The predicted molar refractivity (Wildman–Crippen MR) is 73.2 cm³/mol. The molecule has 1 aromatic heterocycles. The maximum atomic E-state index is 15.1. The van der Waals surface area contributed by atoms with Gasteiger partial charge in [0, 0.05) is 13.7 Å². The highest BCUT2D eigenvalue weighted by Crippen LogP contribution is 2.36. The predicted octanol–water partition coefficient (Wildman–Crippen LogP) is 2.61. The van der Waals surface area contributed by atoms with Crippen molar-refractivity contribution in [1.29, 1.82) is 0 Å². The van der Waals surface area contributed by atoms with E-state index in [1.54, 1.807) is 10.9 Å². The number of nitrogens with zero attached hydrogens (tertiary/aromatic N) is 2. The SMILES string of the molecule is CCCn1ncc(Br)c1C(F)(CCCN)COC. The molecule has 0 radical (unpaired) electrons. The molecule has 0 aliphatic rings. The van der Waals surface area contributed by atoms with Crippen molar-refractivity contribution in [3.63, 3.8) is 0 Å². The zero-order valence-corrected chi connectivity index (χ0v) is 12.5.